The van der Waals surface area contributed by atoms with E-state index < -0.39 is 9.84 Å². The van der Waals surface area contributed by atoms with Gasteiger partial charge in [0.25, 0.3) is 0 Å². The van der Waals surface area contributed by atoms with E-state index in [1.165, 1.54) is 0 Å². The Balaban J connectivity index is 2.50. The van der Waals surface area contributed by atoms with Gasteiger partial charge in [0.15, 0.2) is 9.84 Å². The minimum atomic E-state index is -2.91. The van der Waals surface area contributed by atoms with Gasteiger partial charge in [-0.2, -0.15) is 0 Å². The number of hydrogen-bond acceptors (Lipinski definition) is 5. The van der Waals surface area contributed by atoms with Crippen LogP contribution in [0.1, 0.15) is 13.3 Å². The number of β-amino-alcohol motifs (C(OH)–C–C–N with tert-alkyl or cyclic N) is 1. The topological polar surface area (TPSA) is 60.9 Å². The molecule has 1 fully saturated rings. The largest absolute Gasteiger partial charge is 0.392 e. The van der Waals surface area contributed by atoms with E-state index in [1.54, 1.807) is 6.92 Å². The molecule has 0 spiro atoms. The average molecular weight is 264 g/mol. The number of likely N-dealkylation sites (tertiary alicyclic amines) is 1. The van der Waals surface area contributed by atoms with Crippen LogP contribution in [0, 0.1) is 0 Å². The summed E-state index contributed by atoms with van der Waals surface area (Å²) in [7, 11) is 1.07. The summed E-state index contributed by atoms with van der Waals surface area (Å²) < 4.78 is 22.9. The molecule has 1 rings (SSSR count). The van der Waals surface area contributed by atoms with Gasteiger partial charge in [-0.1, -0.05) is 6.92 Å². The molecular formula is C11H24N2O3S. The number of aliphatic hydroxyl groups is 1. The maximum Gasteiger partial charge on any atom is 0.151 e. The molecule has 1 aliphatic heterocycles. The van der Waals surface area contributed by atoms with E-state index in [-0.39, 0.29) is 23.7 Å². The molecule has 0 saturated carbocycles. The second-order valence-corrected chi connectivity index (χ2v) is 7.51. The highest BCUT2D eigenvalue weighted by Gasteiger charge is 2.31. The summed E-state index contributed by atoms with van der Waals surface area (Å²) in [4.78, 5) is 4.17. The zero-order chi connectivity index (χ0) is 13.1. The van der Waals surface area contributed by atoms with Crippen molar-refractivity contribution in [1.29, 1.82) is 0 Å². The van der Waals surface area contributed by atoms with E-state index in [9.17, 15) is 13.5 Å². The summed E-state index contributed by atoms with van der Waals surface area (Å²) in [6.45, 7) is 3.66. The first-order chi connectivity index (χ1) is 7.84. The first-order valence-electron chi connectivity index (χ1n) is 6.11. The summed E-state index contributed by atoms with van der Waals surface area (Å²) in [6.07, 6.45) is 0.425. The maximum atomic E-state index is 11.5. The zero-order valence-electron chi connectivity index (χ0n) is 11.0. The first kappa shape index (κ1) is 14.9. The highest BCUT2D eigenvalue weighted by molar-refractivity contribution is 7.91. The smallest absolute Gasteiger partial charge is 0.151 e. The lowest BCUT2D eigenvalue weighted by Gasteiger charge is -2.26. The Morgan fingerprint density at radius 1 is 1.41 bits per heavy atom. The van der Waals surface area contributed by atoms with Gasteiger partial charge in [0.2, 0.25) is 0 Å². The summed E-state index contributed by atoms with van der Waals surface area (Å²) in [5, 5.41) is 9.66. The van der Waals surface area contributed by atoms with Crippen LogP contribution in [0.4, 0.5) is 0 Å². The third-order valence-corrected chi connectivity index (χ3v) is 4.90. The van der Waals surface area contributed by atoms with Gasteiger partial charge < -0.3 is 10.0 Å². The summed E-state index contributed by atoms with van der Waals surface area (Å²) in [5.74, 6) is 0.391. The van der Waals surface area contributed by atoms with Gasteiger partial charge in [-0.15, -0.1) is 0 Å². The molecule has 2 unspecified atom stereocenters. The standard InChI is InChI=1S/C11H24N2O3S/c1-4-17(15,16)6-5-13-9-11(14)7-10(13)8-12(2)3/h10-11,14H,4-9H2,1-3H3. The molecule has 0 aromatic heterocycles. The molecule has 1 heterocycles. The molecule has 102 valence electrons. The van der Waals surface area contributed by atoms with Crippen molar-refractivity contribution in [3.63, 3.8) is 0 Å². The van der Waals surface area contributed by atoms with Crippen LogP contribution in [0.25, 0.3) is 0 Å². The van der Waals surface area contributed by atoms with E-state index in [4.69, 9.17) is 0 Å². The molecule has 0 bridgehead atoms. The third-order valence-electron chi connectivity index (χ3n) is 3.21. The second kappa shape index (κ2) is 6.13. The molecule has 0 aromatic carbocycles. The molecule has 17 heavy (non-hydrogen) atoms. The molecule has 5 nitrogen and oxygen atoms in total. The Bertz CT molecular complexity index is 330. The summed E-state index contributed by atoms with van der Waals surface area (Å²) >= 11 is 0. The molecular weight excluding hydrogens is 240 g/mol. The number of rotatable bonds is 6. The number of aliphatic hydroxyl groups excluding tert-OH is 1. The lowest BCUT2D eigenvalue weighted by molar-refractivity contribution is 0.176. The van der Waals surface area contributed by atoms with Crippen molar-refractivity contribution in [3.8, 4) is 0 Å². The van der Waals surface area contributed by atoms with Crippen LogP contribution in [-0.2, 0) is 9.84 Å². The lowest BCUT2D eigenvalue weighted by atomic mass is 10.2. The van der Waals surface area contributed by atoms with Crippen LogP contribution >= 0.6 is 0 Å². The quantitative estimate of drug-likeness (QED) is 0.695. The molecule has 1 saturated heterocycles. The monoisotopic (exact) mass is 264 g/mol. The van der Waals surface area contributed by atoms with Crippen molar-refractivity contribution in [1.82, 2.24) is 9.80 Å². The van der Waals surface area contributed by atoms with E-state index in [1.807, 2.05) is 14.1 Å². The highest BCUT2D eigenvalue weighted by Crippen LogP contribution is 2.18. The molecule has 0 radical (unpaired) electrons. The molecule has 0 amide bonds. The van der Waals surface area contributed by atoms with Crippen LogP contribution in [0.15, 0.2) is 0 Å². The number of sulfone groups is 1. The summed E-state index contributed by atoms with van der Waals surface area (Å²) in [5.41, 5.74) is 0. The molecule has 1 N–H and O–H groups in total. The number of likely N-dealkylation sites (N-methyl/N-ethyl adjacent to an activating group) is 1. The Morgan fingerprint density at radius 2 is 2.06 bits per heavy atom. The van der Waals surface area contributed by atoms with Crippen molar-refractivity contribution in [3.05, 3.63) is 0 Å². The van der Waals surface area contributed by atoms with Crippen molar-refractivity contribution < 1.29 is 13.5 Å². The Hall–Kier alpha value is -0.170. The van der Waals surface area contributed by atoms with Gasteiger partial charge >= 0.3 is 0 Å². The van der Waals surface area contributed by atoms with E-state index in [0.29, 0.717) is 13.1 Å². The normalized spacial score (nSPS) is 26.9. The second-order valence-electron chi connectivity index (χ2n) is 5.04. The van der Waals surface area contributed by atoms with Crippen LogP contribution < -0.4 is 0 Å². The Kier molecular flexibility index (Phi) is 5.37. The van der Waals surface area contributed by atoms with Gasteiger partial charge in [0.1, 0.15) is 0 Å². The number of nitrogens with zero attached hydrogens (tertiary/aromatic N) is 2. The van der Waals surface area contributed by atoms with Gasteiger partial charge in [-0.3, -0.25) is 4.90 Å². The minimum absolute atomic E-state index is 0.195. The summed E-state index contributed by atoms with van der Waals surface area (Å²) in [6, 6.07) is 0.270. The first-order valence-corrected chi connectivity index (χ1v) is 7.93. The third kappa shape index (κ3) is 4.91. The minimum Gasteiger partial charge on any atom is -0.392 e. The SMILES string of the molecule is CCS(=O)(=O)CCN1CC(O)CC1CN(C)C. The van der Waals surface area contributed by atoms with Crippen molar-refractivity contribution in [2.45, 2.75) is 25.5 Å². The Labute approximate surface area is 104 Å². The van der Waals surface area contributed by atoms with Crippen molar-refractivity contribution in [2.24, 2.45) is 0 Å². The van der Waals surface area contributed by atoms with Crippen LogP contribution in [0.5, 0.6) is 0 Å². The van der Waals surface area contributed by atoms with E-state index >= 15 is 0 Å². The predicted molar refractivity (Wildman–Crippen MR) is 68.9 cm³/mol. The van der Waals surface area contributed by atoms with Crippen molar-refractivity contribution in [2.75, 3.05) is 45.2 Å². The lowest BCUT2D eigenvalue weighted by Crippen LogP contribution is -2.40. The highest BCUT2D eigenvalue weighted by atomic mass is 32.2. The molecule has 2 atom stereocenters. The molecule has 1 aliphatic rings. The Morgan fingerprint density at radius 3 is 2.59 bits per heavy atom. The fraction of sp³-hybridized carbons (Fsp3) is 1.00. The van der Waals surface area contributed by atoms with Gasteiger partial charge in [0, 0.05) is 31.4 Å². The van der Waals surface area contributed by atoms with Crippen molar-refractivity contribution >= 4 is 9.84 Å². The van der Waals surface area contributed by atoms with Crippen LogP contribution in [0.2, 0.25) is 0 Å². The van der Waals surface area contributed by atoms with Gasteiger partial charge in [-0.05, 0) is 20.5 Å². The molecule has 0 aromatic rings. The fourth-order valence-electron chi connectivity index (χ4n) is 2.24. The zero-order valence-corrected chi connectivity index (χ0v) is 11.8. The van der Waals surface area contributed by atoms with E-state index in [0.717, 1.165) is 13.0 Å². The van der Waals surface area contributed by atoms with E-state index in [2.05, 4.69) is 9.80 Å². The van der Waals surface area contributed by atoms with Gasteiger partial charge in [0.05, 0.1) is 11.9 Å². The molecule has 6 heteroatoms. The maximum absolute atomic E-state index is 11.5. The van der Waals surface area contributed by atoms with Crippen LogP contribution in [0.3, 0.4) is 0 Å². The van der Waals surface area contributed by atoms with Gasteiger partial charge in [-0.25, -0.2) is 8.42 Å². The number of hydrogen-bond donors (Lipinski definition) is 1. The fourth-order valence-corrected chi connectivity index (χ4v) is 3.04. The average Bonchev–Trinajstić information content (AvgIpc) is 2.55. The van der Waals surface area contributed by atoms with Crippen LogP contribution in [-0.4, -0.2) is 80.7 Å². The molecule has 0 aliphatic carbocycles. The predicted octanol–water partition coefficient (Wildman–Crippen LogP) is -0.582.